The van der Waals surface area contributed by atoms with Crippen molar-refractivity contribution in [3.63, 3.8) is 0 Å². The van der Waals surface area contributed by atoms with Crippen LogP contribution < -0.4 is 0 Å². The summed E-state index contributed by atoms with van der Waals surface area (Å²) >= 11 is 3.52. The minimum Gasteiger partial charge on any atom is -0.297 e. The van der Waals surface area contributed by atoms with Gasteiger partial charge in [0, 0.05) is 6.04 Å². The van der Waals surface area contributed by atoms with E-state index in [4.69, 9.17) is 0 Å². The smallest absolute Gasteiger partial charge is 0.202 e. The standard InChI is InChI=1S/C16H26BrN3O/c1-11(2)20-14(13(17)10-18-20)15(21)16(19(4)5)8-6-7-12(3)9-16/h10-12H,6-9H2,1-5H3. The molecule has 0 amide bonds. The van der Waals surface area contributed by atoms with Crippen molar-refractivity contribution in [2.75, 3.05) is 14.1 Å². The number of hydrogen-bond donors (Lipinski definition) is 0. The van der Waals surface area contributed by atoms with Crippen LogP contribution in [0.15, 0.2) is 10.7 Å². The summed E-state index contributed by atoms with van der Waals surface area (Å²) in [6, 6.07) is 0.176. The average molecular weight is 356 g/mol. The molecule has 1 saturated carbocycles. The molecule has 2 rings (SSSR count). The third kappa shape index (κ3) is 2.95. The fraction of sp³-hybridized carbons (Fsp3) is 0.750. The van der Waals surface area contributed by atoms with Crippen LogP contribution in [0.2, 0.25) is 0 Å². The minimum absolute atomic E-state index is 0.176. The molecule has 1 aliphatic rings. The molecule has 0 spiro atoms. The molecule has 5 heteroatoms. The van der Waals surface area contributed by atoms with Crippen molar-refractivity contribution in [3.05, 3.63) is 16.4 Å². The third-order valence-corrected chi connectivity index (χ3v) is 5.29. The number of nitrogens with zero attached hydrogens (tertiary/aromatic N) is 3. The van der Waals surface area contributed by atoms with Crippen LogP contribution in [0.5, 0.6) is 0 Å². The Bertz CT molecular complexity index is 524. The lowest BCUT2D eigenvalue weighted by Crippen LogP contribution is -2.54. The molecule has 4 nitrogen and oxygen atoms in total. The summed E-state index contributed by atoms with van der Waals surface area (Å²) in [6.07, 6.45) is 5.92. The molecule has 1 aromatic rings. The lowest BCUT2D eigenvalue weighted by atomic mass is 9.72. The quantitative estimate of drug-likeness (QED) is 0.768. The Hall–Kier alpha value is -0.680. The molecule has 21 heavy (non-hydrogen) atoms. The maximum Gasteiger partial charge on any atom is 0.202 e. The Morgan fingerprint density at radius 3 is 2.71 bits per heavy atom. The largest absolute Gasteiger partial charge is 0.297 e. The van der Waals surface area contributed by atoms with Crippen LogP contribution in [-0.4, -0.2) is 40.1 Å². The fourth-order valence-corrected chi connectivity index (χ4v) is 3.96. The second kappa shape index (κ2) is 6.21. The Kier molecular flexibility index (Phi) is 4.93. The Labute approximate surface area is 136 Å². The zero-order chi connectivity index (χ0) is 15.8. The number of ketones is 1. The Balaban J connectivity index is 2.47. The van der Waals surface area contributed by atoms with Gasteiger partial charge in [-0.1, -0.05) is 19.8 Å². The number of carbonyl (C=O) groups excluding carboxylic acids is 1. The summed E-state index contributed by atoms with van der Waals surface area (Å²) in [7, 11) is 4.06. The van der Waals surface area contributed by atoms with Crippen LogP contribution >= 0.6 is 15.9 Å². The van der Waals surface area contributed by atoms with Crippen molar-refractivity contribution in [2.45, 2.75) is 58.0 Å². The van der Waals surface area contributed by atoms with Crippen molar-refractivity contribution in [3.8, 4) is 0 Å². The van der Waals surface area contributed by atoms with E-state index in [1.165, 1.54) is 6.42 Å². The molecule has 0 aromatic carbocycles. The van der Waals surface area contributed by atoms with E-state index in [-0.39, 0.29) is 11.8 Å². The van der Waals surface area contributed by atoms with E-state index in [1.54, 1.807) is 6.20 Å². The first kappa shape index (κ1) is 16.7. The Morgan fingerprint density at radius 2 is 2.19 bits per heavy atom. The van der Waals surface area contributed by atoms with E-state index < -0.39 is 5.54 Å². The van der Waals surface area contributed by atoms with E-state index >= 15 is 0 Å². The van der Waals surface area contributed by atoms with Gasteiger partial charge in [-0.3, -0.25) is 14.4 Å². The van der Waals surface area contributed by atoms with Gasteiger partial charge in [-0.05, 0) is 62.6 Å². The molecule has 1 aromatic heterocycles. The average Bonchev–Trinajstić information content (AvgIpc) is 2.79. The van der Waals surface area contributed by atoms with Crippen LogP contribution in [0.4, 0.5) is 0 Å². The normalized spacial score (nSPS) is 26.6. The molecule has 1 aliphatic carbocycles. The molecular weight excluding hydrogens is 330 g/mol. The zero-order valence-corrected chi connectivity index (χ0v) is 15.3. The summed E-state index contributed by atoms with van der Waals surface area (Å²) < 4.78 is 2.65. The number of aromatic nitrogens is 2. The molecule has 2 unspecified atom stereocenters. The van der Waals surface area contributed by atoms with E-state index in [0.717, 1.165) is 23.7 Å². The summed E-state index contributed by atoms with van der Waals surface area (Å²) in [5.74, 6) is 0.788. The van der Waals surface area contributed by atoms with E-state index in [9.17, 15) is 4.79 Å². The number of rotatable bonds is 4. The topological polar surface area (TPSA) is 38.1 Å². The number of carbonyl (C=O) groups is 1. The highest BCUT2D eigenvalue weighted by atomic mass is 79.9. The van der Waals surface area contributed by atoms with E-state index in [1.807, 2.05) is 18.8 Å². The number of likely N-dealkylation sites (N-methyl/N-ethyl adjacent to an activating group) is 1. The predicted molar refractivity (Wildman–Crippen MR) is 88.7 cm³/mol. The van der Waals surface area contributed by atoms with E-state index in [0.29, 0.717) is 11.6 Å². The van der Waals surface area contributed by atoms with Crippen LogP contribution in [-0.2, 0) is 0 Å². The maximum absolute atomic E-state index is 13.4. The van der Waals surface area contributed by atoms with Gasteiger partial charge in [-0.25, -0.2) is 0 Å². The van der Waals surface area contributed by atoms with Crippen molar-refractivity contribution in [1.29, 1.82) is 0 Å². The Morgan fingerprint density at radius 1 is 1.52 bits per heavy atom. The van der Waals surface area contributed by atoms with Crippen molar-refractivity contribution in [2.24, 2.45) is 5.92 Å². The third-order valence-electron chi connectivity index (χ3n) is 4.71. The van der Waals surface area contributed by atoms with Crippen LogP contribution in [0.3, 0.4) is 0 Å². The monoisotopic (exact) mass is 355 g/mol. The molecule has 0 aliphatic heterocycles. The molecule has 0 N–H and O–H groups in total. The highest BCUT2D eigenvalue weighted by Crippen LogP contribution is 2.39. The second-order valence-electron chi connectivity index (χ2n) is 6.84. The summed E-state index contributed by atoms with van der Waals surface area (Å²) in [5, 5.41) is 4.37. The van der Waals surface area contributed by atoms with Crippen molar-refractivity contribution in [1.82, 2.24) is 14.7 Å². The summed E-state index contributed by atoms with van der Waals surface area (Å²) in [5.41, 5.74) is 0.320. The van der Waals surface area contributed by atoms with Gasteiger partial charge < -0.3 is 0 Å². The number of halogens is 1. The molecule has 118 valence electrons. The van der Waals surface area contributed by atoms with Gasteiger partial charge in [-0.2, -0.15) is 5.10 Å². The van der Waals surface area contributed by atoms with Gasteiger partial charge in [0.05, 0.1) is 16.2 Å². The molecular formula is C16H26BrN3O. The molecule has 2 atom stereocenters. The number of hydrogen-bond acceptors (Lipinski definition) is 3. The number of Topliss-reactive ketones (excluding diaryl/α,β-unsaturated/α-hetero) is 1. The molecule has 1 fully saturated rings. The fourth-order valence-electron chi connectivity index (χ4n) is 3.50. The highest BCUT2D eigenvalue weighted by Gasteiger charge is 2.45. The minimum atomic E-state index is -0.396. The molecule has 1 heterocycles. The maximum atomic E-state index is 13.4. The van der Waals surface area contributed by atoms with Gasteiger partial charge >= 0.3 is 0 Å². The molecule has 0 bridgehead atoms. The first-order valence-electron chi connectivity index (χ1n) is 7.75. The van der Waals surface area contributed by atoms with Gasteiger partial charge in [0.25, 0.3) is 0 Å². The lowest BCUT2D eigenvalue weighted by Gasteiger charge is -2.43. The van der Waals surface area contributed by atoms with Crippen molar-refractivity contribution >= 4 is 21.7 Å². The van der Waals surface area contributed by atoms with Crippen LogP contribution in [0, 0.1) is 5.92 Å². The van der Waals surface area contributed by atoms with Gasteiger partial charge in [0.15, 0.2) is 0 Å². The lowest BCUT2D eigenvalue weighted by molar-refractivity contribution is 0.0472. The first-order valence-corrected chi connectivity index (χ1v) is 8.54. The highest BCUT2D eigenvalue weighted by molar-refractivity contribution is 9.10. The van der Waals surface area contributed by atoms with Crippen LogP contribution in [0.25, 0.3) is 0 Å². The second-order valence-corrected chi connectivity index (χ2v) is 7.69. The van der Waals surface area contributed by atoms with Crippen LogP contribution in [0.1, 0.15) is 63.0 Å². The summed E-state index contributed by atoms with van der Waals surface area (Å²) in [4.78, 5) is 15.5. The van der Waals surface area contributed by atoms with Gasteiger partial charge in [0.1, 0.15) is 5.69 Å². The SMILES string of the molecule is CC1CCCC(C(=O)c2c(Br)cnn2C(C)C)(N(C)C)C1. The van der Waals surface area contributed by atoms with Gasteiger partial charge in [0.2, 0.25) is 5.78 Å². The van der Waals surface area contributed by atoms with E-state index in [2.05, 4.69) is 46.7 Å². The molecule has 0 saturated heterocycles. The predicted octanol–water partition coefficient (Wildman–Crippen LogP) is 3.92. The van der Waals surface area contributed by atoms with Crippen molar-refractivity contribution < 1.29 is 4.79 Å². The molecule has 0 radical (unpaired) electrons. The van der Waals surface area contributed by atoms with Gasteiger partial charge in [-0.15, -0.1) is 0 Å². The summed E-state index contributed by atoms with van der Waals surface area (Å²) in [6.45, 7) is 6.36. The zero-order valence-electron chi connectivity index (χ0n) is 13.7. The first-order chi connectivity index (χ1) is 9.79.